The molecule has 0 saturated carbocycles. The van der Waals surface area contributed by atoms with Gasteiger partial charge in [-0.1, -0.05) is 36.8 Å². The quantitative estimate of drug-likeness (QED) is 0.901. The van der Waals surface area contributed by atoms with Crippen LogP contribution in [-0.4, -0.2) is 52.7 Å². The third kappa shape index (κ3) is 2.52. The van der Waals surface area contributed by atoms with Crippen LogP contribution in [-0.2, 0) is 6.42 Å². The summed E-state index contributed by atoms with van der Waals surface area (Å²) in [4.78, 5) is 15.5. The molecule has 1 aromatic rings. The molecule has 0 bridgehead atoms. The van der Waals surface area contributed by atoms with Crippen molar-refractivity contribution in [1.29, 1.82) is 0 Å². The number of fused-ring (bicyclic) bond motifs is 1. The Balaban J connectivity index is 1.85. The molecular formula is C16H22N2O2. The second kappa shape index (κ2) is 5.44. The number of hydrogen-bond donors (Lipinski definition) is 1. The van der Waals surface area contributed by atoms with Gasteiger partial charge in [0, 0.05) is 25.2 Å². The normalized spacial score (nSPS) is 27.1. The summed E-state index contributed by atoms with van der Waals surface area (Å²) in [6.45, 7) is 3.28. The third-order valence-corrected chi connectivity index (χ3v) is 4.76. The van der Waals surface area contributed by atoms with Crippen LogP contribution in [0.2, 0.25) is 0 Å². The van der Waals surface area contributed by atoms with Crippen molar-refractivity contribution in [1.82, 2.24) is 9.80 Å². The standard InChI is InChI=1S/C16H22N2O2/c19-15(20)17-10-11-18-9-5-4-8-16(18,13-17)12-14-6-2-1-3-7-14/h1-3,6-7H,4-5,8-13H2,(H,19,20)/t16-/m1/s1. The smallest absolute Gasteiger partial charge is 0.407 e. The number of piperidine rings is 1. The van der Waals surface area contributed by atoms with Gasteiger partial charge in [-0.05, 0) is 31.4 Å². The second-order valence-electron chi connectivity index (χ2n) is 6.04. The molecule has 108 valence electrons. The van der Waals surface area contributed by atoms with Gasteiger partial charge >= 0.3 is 6.09 Å². The predicted molar refractivity (Wildman–Crippen MR) is 77.9 cm³/mol. The fraction of sp³-hybridized carbons (Fsp3) is 0.562. The van der Waals surface area contributed by atoms with Gasteiger partial charge in [-0.3, -0.25) is 4.90 Å². The number of carbonyl (C=O) groups is 1. The minimum atomic E-state index is -0.775. The van der Waals surface area contributed by atoms with Crippen LogP contribution >= 0.6 is 0 Å². The van der Waals surface area contributed by atoms with E-state index in [1.165, 1.54) is 18.4 Å². The van der Waals surface area contributed by atoms with Gasteiger partial charge in [0.2, 0.25) is 0 Å². The van der Waals surface area contributed by atoms with Gasteiger partial charge in [0.1, 0.15) is 0 Å². The van der Waals surface area contributed by atoms with Crippen LogP contribution < -0.4 is 0 Å². The van der Waals surface area contributed by atoms with E-state index in [1.54, 1.807) is 4.90 Å². The average Bonchev–Trinajstić information content (AvgIpc) is 2.47. The van der Waals surface area contributed by atoms with Crippen molar-refractivity contribution >= 4 is 6.09 Å². The summed E-state index contributed by atoms with van der Waals surface area (Å²) < 4.78 is 0. The molecule has 0 aliphatic carbocycles. The third-order valence-electron chi connectivity index (χ3n) is 4.76. The number of rotatable bonds is 2. The maximum Gasteiger partial charge on any atom is 0.407 e. The predicted octanol–water partition coefficient (Wildman–Crippen LogP) is 2.45. The van der Waals surface area contributed by atoms with Gasteiger partial charge in [0.15, 0.2) is 0 Å². The molecule has 20 heavy (non-hydrogen) atoms. The van der Waals surface area contributed by atoms with E-state index in [4.69, 9.17) is 0 Å². The Morgan fingerprint density at radius 1 is 1.15 bits per heavy atom. The summed E-state index contributed by atoms with van der Waals surface area (Å²) in [5.41, 5.74) is 1.32. The zero-order valence-electron chi connectivity index (χ0n) is 11.8. The number of carboxylic acid groups (broad SMARTS) is 1. The van der Waals surface area contributed by atoms with E-state index in [0.29, 0.717) is 13.1 Å². The first kappa shape index (κ1) is 13.4. The molecule has 2 heterocycles. The zero-order valence-corrected chi connectivity index (χ0v) is 11.8. The van der Waals surface area contributed by atoms with Crippen molar-refractivity contribution in [2.45, 2.75) is 31.2 Å². The lowest BCUT2D eigenvalue weighted by Crippen LogP contribution is -2.65. The lowest BCUT2D eigenvalue weighted by atomic mass is 9.79. The van der Waals surface area contributed by atoms with E-state index in [-0.39, 0.29) is 5.54 Å². The Labute approximate surface area is 120 Å². The summed E-state index contributed by atoms with van der Waals surface area (Å²) in [5, 5.41) is 9.32. The monoisotopic (exact) mass is 274 g/mol. The van der Waals surface area contributed by atoms with Crippen LogP contribution in [0, 0.1) is 0 Å². The molecular weight excluding hydrogens is 252 g/mol. The highest BCUT2D eigenvalue weighted by Crippen LogP contribution is 2.34. The minimum absolute atomic E-state index is 0.0102. The van der Waals surface area contributed by atoms with E-state index in [1.807, 2.05) is 6.07 Å². The Bertz CT molecular complexity index is 477. The van der Waals surface area contributed by atoms with Crippen molar-refractivity contribution in [2.24, 2.45) is 0 Å². The molecule has 1 aromatic carbocycles. The molecule has 4 heteroatoms. The van der Waals surface area contributed by atoms with Crippen LogP contribution in [0.4, 0.5) is 4.79 Å². The summed E-state index contributed by atoms with van der Waals surface area (Å²) in [7, 11) is 0. The van der Waals surface area contributed by atoms with Crippen molar-refractivity contribution < 1.29 is 9.90 Å². The van der Waals surface area contributed by atoms with E-state index in [0.717, 1.165) is 25.9 Å². The summed E-state index contributed by atoms with van der Waals surface area (Å²) in [6, 6.07) is 10.5. The summed E-state index contributed by atoms with van der Waals surface area (Å²) in [5.74, 6) is 0. The SMILES string of the molecule is O=C(O)N1CCN2CCCC[C@@]2(Cc2ccccc2)C1. The fourth-order valence-corrected chi connectivity index (χ4v) is 3.75. The molecule has 1 N–H and O–H groups in total. The largest absolute Gasteiger partial charge is 0.465 e. The van der Waals surface area contributed by atoms with Gasteiger partial charge in [-0.25, -0.2) is 4.79 Å². The Morgan fingerprint density at radius 2 is 1.95 bits per heavy atom. The highest BCUT2D eigenvalue weighted by Gasteiger charge is 2.44. The number of nitrogens with zero attached hydrogens (tertiary/aromatic N) is 2. The molecule has 2 aliphatic rings. The first-order valence-electron chi connectivity index (χ1n) is 7.46. The van der Waals surface area contributed by atoms with Gasteiger partial charge in [0.25, 0.3) is 0 Å². The highest BCUT2D eigenvalue weighted by atomic mass is 16.4. The fourth-order valence-electron chi connectivity index (χ4n) is 3.75. The molecule has 0 radical (unpaired) electrons. The molecule has 1 amide bonds. The number of hydrogen-bond acceptors (Lipinski definition) is 2. The van der Waals surface area contributed by atoms with Crippen LogP contribution in [0.1, 0.15) is 24.8 Å². The van der Waals surface area contributed by atoms with Crippen LogP contribution in [0.5, 0.6) is 0 Å². The Morgan fingerprint density at radius 3 is 2.70 bits per heavy atom. The Kier molecular flexibility index (Phi) is 3.66. The highest BCUT2D eigenvalue weighted by molar-refractivity contribution is 5.65. The first-order valence-corrected chi connectivity index (χ1v) is 7.46. The van der Waals surface area contributed by atoms with Gasteiger partial charge in [0.05, 0.1) is 0 Å². The van der Waals surface area contributed by atoms with E-state index in [9.17, 15) is 9.90 Å². The molecule has 1 atom stereocenters. The van der Waals surface area contributed by atoms with E-state index < -0.39 is 6.09 Å². The number of amides is 1. The van der Waals surface area contributed by atoms with Crippen LogP contribution in [0.25, 0.3) is 0 Å². The van der Waals surface area contributed by atoms with Crippen molar-refractivity contribution in [2.75, 3.05) is 26.2 Å². The lowest BCUT2D eigenvalue weighted by Gasteiger charge is -2.53. The first-order chi connectivity index (χ1) is 9.70. The second-order valence-corrected chi connectivity index (χ2v) is 6.04. The minimum Gasteiger partial charge on any atom is -0.465 e. The van der Waals surface area contributed by atoms with E-state index >= 15 is 0 Å². The average molecular weight is 274 g/mol. The van der Waals surface area contributed by atoms with Gasteiger partial charge in [-0.2, -0.15) is 0 Å². The molecule has 0 unspecified atom stereocenters. The van der Waals surface area contributed by atoms with Crippen molar-refractivity contribution in [3.63, 3.8) is 0 Å². The Hall–Kier alpha value is -1.55. The topological polar surface area (TPSA) is 43.8 Å². The lowest BCUT2D eigenvalue weighted by molar-refractivity contribution is -0.0227. The zero-order chi connectivity index (χ0) is 14.0. The summed E-state index contributed by atoms with van der Waals surface area (Å²) >= 11 is 0. The number of piperazine rings is 1. The van der Waals surface area contributed by atoms with Crippen molar-refractivity contribution in [3.8, 4) is 0 Å². The van der Waals surface area contributed by atoms with Crippen molar-refractivity contribution in [3.05, 3.63) is 35.9 Å². The van der Waals surface area contributed by atoms with E-state index in [2.05, 4.69) is 29.2 Å². The van der Waals surface area contributed by atoms with Gasteiger partial charge < -0.3 is 10.0 Å². The molecule has 2 saturated heterocycles. The molecule has 4 nitrogen and oxygen atoms in total. The van der Waals surface area contributed by atoms with Gasteiger partial charge in [-0.15, -0.1) is 0 Å². The molecule has 3 rings (SSSR count). The molecule has 2 fully saturated rings. The van der Waals surface area contributed by atoms with Crippen LogP contribution in [0.15, 0.2) is 30.3 Å². The molecule has 0 aromatic heterocycles. The maximum atomic E-state index is 11.3. The maximum absolute atomic E-state index is 11.3. The number of benzene rings is 1. The molecule has 2 aliphatic heterocycles. The van der Waals surface area contributed by atoms with Crippen LogP contribution in [0.3, 0.4) is 0 Å². The molecule has 0 spiro atoms. The summed E-state index contributed by atoms with van der Waals surface area (Å²) in [6.07, 6.45) is 3.73.